The minimum absolute atomic E-state index is 0. The Morgan fingerprint density at radius 1 is 1.29 bits per heavy atom. The Morgan fingerprint density at radius 2 is 2.06 bits per heavy atom. The van der Waals surface area contributed by atoms with Crippen molar-refractivity contribution < 1.29 is 9.47 Å². The number of hydrogen-bond donors (Lipinski definition) is 1. The highest BCUT2D eigenvalue weighted by Crippen LogP contribution is 2.37. The van der Waals surface area contributed by atoms with E-state index >= 15 is 0 Å². The van der Waals surface area contributed by atoms with Crippen LogP contribution in [-0.2, 0) is 0 Å². The second kappa shape index (κ2) is 6.72. The molecule has 2 rings (SSSR count). The third-order valence-corrected chi connectivity index (χ3v) is 2.86. The van der Waals surface area contributed by atoms with Crippen LogP contribution in [0.5, 0.6) is 11.5 Å². The number of unbranched alkanes of at least 4 members (excludes halogenated alkanes) is 1. The molecule has 1 aliphatic rings. The van der Waals surface area contributed by atoms with Crippen molar-refractivity contribution in [1.82, 2.24) is 0 Å². The molecular weight excluding hydrogens is 238 g/mol. The Labute approximate surface area is 109 Å². The van der Waals surface area contributed by atoms with E-state index < -0.39 is 0 Å². The standard InChI is InChI=1S/C13H19NO2.ClH/c1-2-3-6-11(14)10-5-4-7-12-13(10)16-9-8-15-12;/h4-5,7,11H,2-3,6,8-9,14H2,1H3;1H/t11-;/m1./s1. The van der Waals surface area contributed by atoms with Gasteiger partial charge in [0.25, 0.3) is 0 Å². The molecule has 1 atom stereocenters. The molecule has 96 valence electrons. The molecule has 0 aromatic heterocycles. The van der Waals surface area contributed by atoms with Gasteiger partial charge in [0, 0.05) is 11.6 Å². The van der Waals surface area contributed by atoms with E-state index in [0.29, 0.717) is 13.2 Å². The summed E-state index contributed by atoms with van der Waals surface area (Å²) in [6, 6.07) is 6.00. The maximum Gasteiger partial charge on any atom is 0.166 e. The Kier molecular flexibility index (Phi) is 5.59. The summed E-state index contributed by atoms with van der Waals surface area (Å²) in [4.78, 5) is 0. The van der Waals surface area contributed by atoms with E-state index in [1.54, 1.807) is 0 Å². The zero-order valence-corrected chi connectivity index (χ0v) is 11.0. The fourth-order valence-electron chi connectivity index (χ4n) is 1.97. The van der Waals surface area contributed by atoms with E-state index in [0.717, 1.165) is 29.9 Å². The summed E-state index contributed by atoms with van der Waals surface area (Å²) < 4.78 is 11.2. The van der Waals surface area contributed by atoms with Crippen molar-refractivity contribution in [2.75, 3.05) is 13.2 Å². The zero-order chi connectivity index (χ0) is 11.4. The maximum atomic E-state index is 6.17. The van der Waals surface area contributed by atoms with E-state index in [2.05, 4.69) is 6.92 Å². The summed E-state index contributed by atoms with van der Waals surface area (Å²) in [5, 5.41) is 0. The van der Waals surface area contributed by atoms with Crippen LogP contribution in [0, 0.1) is 0 Å². The van der Waals surface area contributed by atoms with Gasteiger partial charge in [-0.25, -0.2) is 0 Å². The molecule has 1 aromatic rings. The largest absolute Gasteiger partial charge is 0.486 e. The molecule has 0 aliphatic carbocycles. The molecule has 1 heterocycles. The highest BCUT2D eigenvalue weighted by molar-refractivity contribution is 5.85. The van der Waals surface area contributed by atoms with Crippen molar-refractivity contribution in [3.8, 4) is 11.5 Å². The second-order valence-corrected chi connectivity index (χ2v) is 4.12. The van der Waals surface area contributed by atoms with Gasteiger partial charge < -0.3 is 15.2 Å². The first-order valence-corrected chi connectivity index (χ1v) is 5.97. The van der Waals surface area contributed by atoms with Crippen LogP contribution in [0.1, 0.15) is 37.8 Å². The molecule has 0 saturated carbocycles. The van der Waals surface area contributed by atoms with Gasteiger partial charge in [0.05, 0.1) is 0 Å². The summed E-state index contributed by atoms with van der Waals surface area (Å²) in [6.07, 6.45) is 3.31. The number of fused-ring (bicyclic) bond motifs is 1. The van der Waals surface area contributed by atoms with Crippen LogP contribution in [0.2, 0.25) is 0 Å². The maximum absolute atomic E-state index is 6.17. The fraction of sp³-hybridized carbons (Fsp3) is 0.538. The molecule has 0 saturated heterocycles. The zero-order valence-electron chi connectivity index (χ0n) is 10.1. The third-order valence-electron chi connectivity index (χ3n) is 2.86. The van der Waals surface area contributed by atoms with Gasteiger partial charge in [0.2, 0.25) is 0 Å². The average Bonchev–Trinajstić information content (AvgIpc) is 2.35. The van der Waals surface area contributed by atoms with Crippen molar-refractivity contribution in [2.45, 2.75) is 32.2 Å². The first-order chi connectivity index (χ1) is 7.83. The van der Waals surface area contributed by atoms with Crippen molar-refractivity contribution in [3.63, 3.8) is 0 Å². The van der Waals surface area contributed by atoms with Crippen molar-refractivity contribution in [3.05, 3.63) is 23.8 Å². The molecular formula is C13H20ClNO2. The summed E-state index contributed by atoms with van der Waals surface area (Å²) in [5.74, 6) is 1.67. The molecule has 0 radical (unpaired) electrons. The van der Waals surface area contributed by atoms with Gasteiger partial charge in [0.1, 0.15) is 13.2 Å². The van der Waals surface area contributed by atoms with E-state index in [9.17, 15) is 0 Å². The van der Waals surface area contributed by atoms with Crippen LogP contribution in [0.3, 0.4) is 0 Å². The minimum atomic E-state index is 0. The molecule has 1 aliphatic heterocycles. The lowest BCUT2D eigenvalue weighted by Gasteiger charge is -2.23. The monoisotopic (exact) mass is 257 g/mol. The molecule has 0 spiro atoms. The van der Waals surface area contributed by atoms with Crippen LogP contribution < -0.4 is 15.2 Å². The predicted octanol–water partition coefficient (Wildman–Crippen LogP) is 3.07. The number of hydrogen-bond acceptors (Lipinski definition) is 3. The lowest BCUT2D eigenvalue weighted by molar-refractivity contribution is 0.169. The highest BCUT2D eigenvalue weighted by atomic mass is 35.5. The van der Waals surface area contributed by atoms with Gasteiger partial charge in [-0.1, -0.05) is 31.9 Å². The molecule has 3 nitrogen and oxygen atoms in total. The Balaban J connectivity index is 0.00000144. The van der Waals surface area contributed by atoms with Crippen LogP contribution >= 0.6 is 12.4 Å². The van der Waals surface area contributed by atoms with Gasteiger partial charge in [-0.05, 0) is 12.5 Å². The number of rotatable bonds is 4. The lowest BCUT2D eigenvalue weighted by Crippen LogP contribution is -2.19. The van der Waals surface area contributed by atoms with E-state index in [-0.39, 0.29) is 18.4 Å². The topological polar surface area (TPSA) is 44.5 Å². The predicted molar refractivity (Wildman–Crippen MR) is 71.1 cm³/mol. The lowest BCUT2D eigenvalue weighted by atomic mass is 10.0. The van der Waals surface area contributed by atoms with Gasteiger partial charge in [-0.15, -0.1) is 12.4 Å². The average molecular weight is 258 g/mol. The van der Waals surface area contributed by atoms with Crippen LogP contribution in [0.4, 0.5) is 0 Å². The van der Waals surface area contributed by atoms with Gasteiger partial charge in [-0.3, -0.25) is 0 Å². The number of benzene rings is 1. The van der Waals surface area contributed by atoms with Crippen molar-refractivity contribution in [1.29, 1.82) is 0 Å². The van der Waals surface area contributed by atoms with Gasteiger partial charge in [-0.2, -0.15) is 0 Å². The molecule has 0 amide bonds. The Bertz CT molecular complexity index is 357. The number of para-hydroxylation sites is 1. The van der Waals surface area contributed by atoms with Crippen molar-refractivity contribution >= 4 is 12.4 Å². The number of ether oxygens (including phenoxy) is 2. The quantitative estimate of drug-likeness (QED) is 0.902. The fourth-order valence-corrected chi connectivity index (χ4v) is 1.97. The van der Waals surface area contributed by atoms with Gasteiger partial charge in [0.15, 0.2) is 11.5 Å². The molecule has 0 unspecified atom stereocenters. The molecule has 0 fully saturated rings. The van der Waals surface area contributed by atoms with Crippen molar-refractivity contribution in [2.24, 2.45) is 5.73 Å². The van der Waals surface area contributed by atoms with Crippen LogP contribution in [0.15, 0.2) is 18.2 Å². The highest BCUT2D eigenvalue weighted by Gasteiger charge is 2.19. The molecule has 0 bridgehead atoms. The first kappa shape index (κ1) is 14.1. The molecule has 17 heavy (non-hydrogen) atoms. The van der Waals surface area contributed by atoms with E-state index in [1.165, 1.54) is 6.42 Å². The normalized spacial score (nSPS) is 14.9. The third kappa shape index (κ3) is 3.27. The molecule has 4 heteroatoms. The summed E-state index contributed by atoms with van der Waals surface area (Å²) in [6.45, 7) is 3.41. The van der Waals surface area contributed by atoms with Gasteiger partial charge >= 0.3 is 0 Å². The summed E-state index contributed by atoms with van der Waals surface area (Å²) >= 11 is 0. The second-order valence-electron chi connectivity index (χ2n) is 4.12. The Morgan fingerprint density at radius 3 is 2.82 bits per heavy atom. The molecule has 1 aromatic carbocycles. The Hall–Kier alpha value is -0.930. The SMILES string of the molecule is CCCC[C@@H](N)c1cccc2c1OCCO2.Cl. The van der Waals surface area contributed by atoms with Crippen LogP contribution in [-0.4, -0.2) is 13.2 Å². The van der Waals surface area contributed by atoms with Crippen LogP contribution in [0.25, 0.3) is 0 Å². The number of halogens is 1. The minimum Gasteiger partial charge on any atom is -0.486 e. The molecule has 2 N–H and O–H groups in total. The first-order valence-electron chi connectivity index (χ1n) is 5.97. The van der Waals surface area contributed by atoms with E-state index in [4.69, 9.17) is 15.2 Å². The smallest absolute Gasteiger partial charge is 0.166 e. The van der Waals surface area contributed by atoms with E-state index in [1.807, 2.05) is 18.2 Å². The number of nitrogens with two attached hydrogens (primary N) is 1. The summed E-state index contributed by atoms with van der Waals surface area (Å²) in [5.41, 5.74) is 7.24. The summed E-state index contributed by atoms with van der Waals surface area (Å²) in [7, 11) is 0.